The molecule has 1 aromatic rings. The molecular weight excluding hydrogens is 260 g/mol. The average Bonchev–Trinajstić information content (AvgIpc) is 2.62. The molecule has 1 aliphatic heterocycles. The lowest BCUT2D eigenvalue weighted by Crippen LogP contribution is -2.37. The quantitative estimate of drug-likeness (QED) is 0.775. The van der Waals surface area contributed by atoms with Crippen molar-refractivity contribution in [3.8, 4) is 0 Å². The van der Waals surface area contributed by atoms with Crippen molar-refractivity contribution in [2.75, 3.05) is 14.2 Å². The third kappa shape index (κ3) is 1.84. The Balaban J connectivity index is 2.52. The first kappa shape index (κ1) is 12.7. The van der Waals surface area contributed by atoms with Crippen LogP contribution in [0.4, 0.5) is 0 Å². The maximum atomic E-state index is 11.9. The lowest BCUT2D eigenvalue weighted by atomic mass is 9.97. The minimum Gasteiger partial charge on any atom is -0.468 e. The molecule has 0 saturated heterocycles. The van der Waals surface area contributed by atoms with E-state index < -0.39 is 4.75 Å². The molecule has 0 N–H and O–H groups in total. The third-order valence-electron chi connectivity index (χ3n) is 2.92. The van der Waals surface area contributed by atoms with Crippen LogP contribution in [0.2, 0.25) is 5.02 Å². The van der Waals surface area contributed by atoms with Crippen LogP contribution in [0.5, 0.6) is 0 Å². The number of esters is 1. The molecule has 1 heterocycles. The molecule has 2 atom stereocenters. The Labute approximate surface area is 109 Å². The van der Waals surface area contributed by atoms with Crippen molar-refractivity contribution in [3.05, 3.63) is 28.8 Å². The van der Waals surface area contributed by atoms with E-state index in [9.17, 15) is 4.79 Å². The summed E-state index contributed by atoms with van der Waals surface area (Å²) in [5.41, 5.74) is 0.870. The van der Waals surface area contributed by atoms with Gasteiger partial charge in [-0.2, -0.15) is 0 Å². The highest BCUT2D eigenvalue weighted by molar-refractivity contribution is 8.01. The van der Waals surface area contributed by atoms with Crippen molar-refractivity contribution in [2.24, 2.45) is 0 Å². The van der Waals surface area contributed by atoms with Gasteiger partial charge in [-0.05, 0) is 19.1 Å². The van der Waals surface area contributed by atoms with Gasteiger partial charge in [0.2, 0.25) is 0 Å². The molecule has 0 aliphatic carbocycles. The van der Waals surface area contributed by atoms with E-state index in [1.54, 1.807) is 13.2 Å². The number of rotatable bonds is 2. The number of ether oxygens (including phenoxy) is 2. The van der Waals surface area contributed by atoms with Crippen molar-refractivity contribution in [1.82, 2.24) is 0 Å². The number of hydrogen-bond acceptors (Lipinski definition) is 4. The Morgan fingerprint density at radius 2 is 2.18 bits per heavy atom. The first-order chi connectivity index (χ1) is 8.04. The molecule has 0 bridgehead atoms. The lowest BCUT2D eigenvalue weighted by molar-refractivity contribution is -0.146. The molecule has 0 fully saturated rings. The Bertz CT molecular complexity index is 463. The summed E-state index contributed by atoms with van der Waals surface area (Å²) in [6, 6.07) is 5.60. The zero-order chi connectivity index (χ0) is 12.6. The third-order valence-corrected chi connectivity index (χ3v) is 4.63. The number of halogens is 1. The number of fused-ring (bicyclic) bond motifs is 1. The summed E-state index contributed by atoms with van der Waals surface area (Å²) in [7, 11) is 2.95. The molecule has 5 heteroatoms. The van der Waals surface area contributed by atoms with Crippen LogP contribution in [0, 0.1) is 0 Å². The van der Waals surface area contributed by atoms with E-state index in [1.165, 1.54) is 18.9 Å². The first-order valence-electron chi connectivity index (χ1n) is 5.13. The predicted molar refractivity (Wildman–Crippen MR) is 67.5 cm³/mol. The number of hydrogen-bond donors (Lipinski definition) is 0. The van der Waals surface area contributed by atoms with Crippen LogP contribution in [0.3, 0.4) is 0 Å². The second kappa shape index (κ2) is 4.52. The van der Waals surface area contributed by atoms with Crippen LogP contribution in [0.15, 0.2) is 23.1 Å². The van der Waals surface area contributed by atoms with Gasteiger partial charge in [0, 0.05) is 22.6 Å². The summed E-state index contributed by atoms with van der Waals surface area (Å²) in [5, 5.41) is 0.620. The van der Waals surface area contributed by atoms with E-state index in [2.05, 4.69) is 0 Å². The average molecular weight is 273 g/mol. The van der Waals surface area contributed by atoms with Gasteiger partial charge in [0.15, 0.2) is 0 Å². The number of thioether (sulfide) groups is 1. The Morgan fingerprint density at radius 1 is 1.47 bits per heavy atom. The maximum Gasteiger partial charge on any atom is 0.325 e. The van der Waals surface area contributed by atoms with E-state index in [-0.39, 0.29) is 12.1 Å². The monoisotopic (exact) mass is 272 g/mol. The first-order valence-corrected chi connectivity index (χ1v) is 6.32. The summed E-state index contributed by atoms with van der Waals surface area (Å²) >= 11 is 7.61. The highest BCUT2D eigenvalue weighted by Gasteiger charge is 2.51. The van der Waals surface area contributed by atoms with Gasteiger partial charge in [-0.15, -0.1) is 11.8 Å². The van der Waals surface area contributed by atoms with E-state index in [4.69, 9.17) is 21.1 Å². The van der Waals surface area contributed by atoms with Crippen LogP contribution in [0.1, 0.15) is 18.6 Å². The molecule has 2 rings (SSSR count). The Hall–Kier alpha value is -0.710. The van der Waals surface area contributed by atoms with Gasteiger partial charge >= 0.3 is 5.97 Å². The fourth-order valence-electron chi connectivity index (χ4n) is 2.11. The van der Waals surface area contributed by atoms with Crippen LogP contribution in [0.25, 0.3) is 0 Å². The van der Waals surface area contributed by atoms with Crippen LogP contribution in [-0.2, 0) is 14.3 Å². The molecule has 0 saturated carbocycles. The molecule has 0 radical (unpaired) electrons. The standard InChI is InChI=1S/C12H13ClO3S/c1-12(11(14)16-3)10(15-2)9-7(13)5-4-6-8(9)17-12/h4-6,10H,1-3H3. The van der Waals surface area contributed by atoms with Gasteiger partial charge in [0.05, 0.1) is 7.11 Å². The fraction of sp³-hybridized carbons (Fsp3) is 0.417. The molecule has 0 spiro atoms. The van der Waals surface area contributed by atoms with E-state index in [0.29, 0.717) is 5.02 Å². The summed E-state index contributed by atoms with van der Waals surface area (Å²) < 4.78 is 9.53. The smallest absolute Gasteiger partial charge is 0.325 e. The number of carbonyl (C=O) groups excluding carboxylic acids is 1. The largest absolute Gasteiger partial charge is 0.468 e. The summed E-state index contributed by atoms with van der Waals surface area (Å²) in [6.45, 7) is 1.81. The molecular formula is C12H13ClO3S. The second-order valence-corrected chi connectivity index (χ2v) is 5.87. The minimum absolute atomic E-state index is 0.304. The van der Waals surface area contributed by atoms with Gasteiger partial charge in [-0.25, -0.2) is 0 Å². The Kier molecular flexibility index (Phi) is 3.39. The molecule has 92 valence electrons. The van der Waals surface area contributed by atoms with E-state index in [1.807, 2.05) is 19.1 Å². The van der Waals surface area contributed by atoms with Gasteiger partial charge in [0.25, 0.3) is 0 Å². The molecule has 17 heavy (non-hydrogen) atoms. The lowest BCUT2D eigenvalue weighted by Gasteiger charge is -2.26. The molecule has 1 aromatic carbocycles. The van der Waals surface area contributed by atoms with Crippen molar-refractivity contribution >= 4 is 29.3 Å². The number of benzene rings is 1. The van der Waals surface area contributed by atoms with Crippen LogP contribution < -0.4 is 0 Å². The summed E-state index contributed by atoms with van der Waals surface area (Å²) in [4.78, 5) is 12.9. The normalized spacial score (nSPS) is 26.7. The fourth-order valence-corrected chi connectivity index (χ4v) is 3.86. The summed E-state index contributed by atoms with van der Waals surface area (Å²) in [5.74, 6) is -0.304. The highest BCUT2D eigenvalue weighted by atomic mass is 35.5. The van der Waals surface area contributed by atoms with Gasteiger partial charge < -0.3 is 9.47 Å². The van der Waals surface area contributed by atoms with Gasteiger partial charge in [-0.3, -0.25) is 4.79 Å². The molecule has 3 nitrogen and oxygen atoms in total. The zero-order valence-electron chi connectivity index (χ0n) is 9.82. The summed E-state index contributed by atoms with van der Waals surface area (Å²) in [6.07, 6.45) is -0.386. The van der Waals surface area contributed by atoms with Crippen LogP contribution in [-0.4, -0.2) is 24.9 Å². The number of methoxy groups -OCH3 is 2. The van der Waals surface area contributed by atoms with Crippen molar-refractivity contribution in [2.45, 2.75) is 22.7 Å². The predicted octanol–water partition coefficient (Wildman–Crippen LogP) is 3.06. The minimum atomic E-state index is -0.781. The van der Waals surface area contributed by atoms with Crippen molar-refractivity contribution < 1.29 is 14.3 Å². The topological polar surface area (TPSA) is 35.5 Å². The van der Waals surface area contributed by atoms with Gasteiger partial charge in [0.1, 0.15) is 10.9 Å². The highest BCUT2D eigenvalue weighted by Crippen LogP contribution is 2.55. The Morgan fingerprint density at radius 3 is 2.76 bits per heavy atom. The molecule has 0 amide bonds. The SMILES string of the molecule is COC(=O)C1(C)Sc2cccc(Cl)c2C1OC. The molecule has 0 aromatic heterocycles. The van der Waals surface area contributed by atoms with Crippen LogP contribution >= 0.6 is 23.4 Å². The zero-order valence-corrected chi connectivity index (χ0v) is 11.4. The van der Waals surface area contributed by atoms with Crippen molar-refractivity contribution in [3.63, 3.8) is 0 Å². The van der Waals surface area contributed by atoms with E-state index in [0.717, 1.165) is 10.5 Å². The second-order valence-electron chi connectivity index (χ2n) is 3.97. The van der Waals surface area contributed by atoms with Gasteiger partial charge in [-0.1, -0.05) is 17.7 Å². The molecule has 2 unspecified atom stereocenters. The number of carbonyl (C=O) groups is 1. The maximum absolute atomic E-state index is 11.9. The van der Waals surface area contributed by atoms with E-state index >= 15 is 0 Å². The van der Waals surface area contributed by atoms with Crippen molar-refractivity contribution in [1.29, 1.82) is 0 Å². The molecule has 1 aliphatic rings.